The molecule has 0 bridgehead atoms. The van der Waals surface area contributed by atoms with Crippen molar-refractivity contribution in [3.05, 3.63) is 72.0 Å². The van der Waals surface area contributed by atoms with Crippen molar-refractivity contribution >= 4 is 17.0 Å². The molecule has 0 aliphatic heterocycles. The van der Waals surface area contributed by atoms with E-state index in [9.17, 15) is 4.79 Å². The van der Waals surface area contributed by atoms with Crippen molar-refractivity contribution < 1.29 is 9.21 Å². The summed E-state index contributed by atoms with van der Waals surface area (Å²) in [6, 6.07) is 19.2. The van der Waals surface area contributed by atoms with Crippen molar-refractivity contribution in [1.82, 2.24) is 10.6 Å². The lowest BCUT2D eigenvalue weighted by Gasteiger charge is -2.17. The van der Waals surface area contributed by atoms with Crippen molar-refractivity contribution in [1.29, 1.82) is 0 Å². The minimum Gasteiger partial charge on any atom is -0.459 e. The van der Waals surface area contributed by atoms with Gasteiger partial charge >= 0.3 is 6.03 Å². The van der Waals surface area contributed by atoms with E-state index in [0.29, 0.717) is 0 Å². The number of rotatable bonds is 4. The average Bonchev–Trinajstić information content (AvgIpc) is 2.99. The summed E-state index contributed by atoms with van der Waals surface area (Å²) in [4.78, 5) is 12.2. The molecule has 0 radical (unpaired) electrons. The number of benzene rings is 2. The highest BCUT2D eigenvalue weighted by molar-refractivity contribution is 5.78. The van der Waals surface area contributed by atoms with Crippen LogP contribution in [0.2, 0.25) is 0 Å². The molecule has 4 nitrogen and oxygen atoms in total. The number of urea groups is 1. The number of fused-ring (bicyclic) bond motifs is 1. The largest absolute Gasteiger partial charge is 0.459 e. The van der Waals surface area contributed by atoms with Crippen LogP contribution in [0.25, 0.3) is 11.0 Å². The van der Waals surface area contributed by atoms with Gasteiger partial charge in [0.1, 0.15) is 11.3 Å². The van der Waals surface area contributed by atoms with E-state index in [-0.39, 0.29) is 18.1 Å². The van der Waals surface area contributed by atoms with Crippen LogP contribution in [0.4, 0.5) is 4.79 Å². The van der Waals surface area contributed by atoms with Gasteiger partial charge in [-0.3, -0.25) is 0 Å². The van der Waals surface area contributed by atoms with Gasteiger partial charge in [-0.15, -0.1) is 0 Å². The van der Waals surface area contributed by atoms with E-state index in [2.05, 4.69) is 10.6 Å². The molecule has 118 valence electrons. The molecule has 3 rings (SSSR count). The summed E-state index contributed by atoms with van der Waals surface area (Å²) in [7, 11) is 0. The zero-order chi connectivity index (χ0) is 16.2. The van der Waals surface area contributed by atoms with Gasteiger partial charge in [-0.05, 0) is 31.5 Å². The molecule has 2 N–H and O–H groups in total. The lowest BCUT2D eigenvalue weighted by Crippen LogP contribution is -2.38. The summed E-state index contributed by atoms with van der Waals surface area (Å²) >= 11 is 0. The number of amides is 2. The predicted molar refractivity (Wildman–Crippen MR) is 91.2 cm³/mol. The second kappa shape index (κ2) is 6.57. The Bertz CT molecular complexity index is 762. The fraction of sp³-hybridized carbons (Fsp3) is 0.211. The fourth-order valence-electron chi connectivity index (χ4n) is 2.55. The van der Waals surface area contributed by atoms with Gasteiger partial charge in [0.25, 0.3) is 0 Å². The van der Waals surface area contributed by atoms with Crippen LogP contribution >= 0.6 is 0 Å². The summed E-state index contributed by atoms with van der Waals surface area (Å²) < 4.78 is 5.78. The van der Waals surface area contributed by atoms with Crippen molar-refractivity contribution in [3.63, 3.8) is 0 Å². The first-order chi connectivity index (χ1) is 11.1. The van der Waals surface area contributed by atoms with Gasteiger partial charge in [0, 0.05) is 5.39 Å². The first kappa shape index (κ1) is 15.2. The number of hydrogen-bond acceptors (Lipinski definition) is 2. The Labute approximate surface area is 135 Å². The Balaban J connectivity index is 1.63. The molecule has 2 aromatic carbocycles. The first-order valence-corrected chi connectivity index (χ1v) is 7.74. The van der Waals surface area contributed by atoms with E-state index in [1.54, 1.807) is 0 Å². The molecule has 1 aromatic heterocycles. The number of hydrogen-bond donors (Lipinski definition) is 2. The molecule has 3 aromatic rings. The molecule has 0 unspecified atom stereocenters. The quantitative estimate of drug-likeness (QED) is 0.742. The van der Waals surface area contributed by atoms with E-state index in [0.717, 1.165) is 22.3 Å². The molecular formula is C19H20N2O2. The standard InChI is InChI=1S/C19H20N2O2/c1-13(15-8-4-3-5-9-15)20-19(22)21-14(2)18-12-16-10-6-7-11-17(16)23-18/h3-14H,1-2H3,(H2,20,21,22)/t13-,14+/m1/s1. The monoisotopic (exact) mass is 308 g/mol. The third-order valence-electron chi connectivity index (χ3n) is 3.87. The van der Waals surface area contributed by atoms with E-state index in [4.69, 9.17) is 4.42 Å². The topological polar surface area (TPSA) is 54.3 Å². The zero-order valence-corrected chi connectivity index (χ0v) is 13.2. The molecule has 23 heavy (non-hydrogen) atoms. The normalized spacial score (nSPS) is 13.5. The minimum absolute atomic E-state index is 0.0564. The van der Waals surface area contributed by atoms with Gasteiger partial charge in [-0.2, -0.15) is 0 Å². The van der Waals surface area contributed by atoms with Gasteiger partial charge in [0.05, 0.1) is 12.1 Å². The second-order valence-electron chi connectivity index (χ2n) is 5.66. The summed E-state index contributed by atoms with van der Waals surface area (Å²) in [5, 5.41) is 6.89. The van der Waals surface area contributed by atoms with E-state index in [1.807, 2.05) is 74.5 Å². The highest BCUT2D eigenvalue weighted by atomic mass is 16.3. The van der Waals surface area contributed by atoms with Gasteiger partial charge in [-0.25, -0.2) is 4.79 Å². The van der Waals surface area contributed by atoms with Crippen LogP contribution in [0.1, 0.15) is 37.3 Å². The van der Waals surface area contributed by atoms with Gasteiger partial charge in [-0.1, -0.05) is 48.5 Å². The molecule has 0 fully saturated rings. The summed E-state index contributed by atoms with van der Waals surface area (Å²) in [5.41, 5.74) is 1.90. The van der Waals surface area contributed by atoms with Gasteiger partial charge < -0.3 is 15.1 Å². The molecule has 0 saturated carbocycles. The van der Waals surface area contributed by atoms with E-state index < -0.39 is 0 Å². The Morgan fingerprint density at radius 3 is 2.30 bits per heavy atom. The SMILES string of the molecule is C[C@H](NC(=O)N[C@H](C)c1ccccc1)c1cc2ccccc2o1. The molecule has 2 atom stereocenters. The fourth-order valence-corrected chi connectivity index (χ4v) is 2.55. The maximum absolute atomic E-state index is 12.2. The van der Waals surface area contributed by atoms with Crippen LogP contribution in [0.15, 0.2) is 65.1 Å². The lowest BCUT2D eigenvalue weighted by molar-refractivity contribution is 0.233. The first-order valence-electron chi connectivity index (χ1n) is 7.74. The second-order valence-corrected chi connectivity index (χ2v) is 5.66. The molecular weight excluding hydrogens is 288 g/mol. The molecule has 0 saturated heterocycles. The Kier molecular flexibility index (Phi) is 4.33. The summed E-state index contributed by atoms with van der Waals surface area (Å²) in [5.74, 6) is 0.744. The highest BCUT2D eigenvalue weighted by Gasteiger charge is 2.15. The number of carbonyl (C=O) groups is 1. The Hall–Kier alpha value is -2.75. The average molecular weight is 308 g/mol. The maximum Gasteiger partial charge on any atom is 0.315 e. The maximum atomic E-state index is 12.2. The van der Waals surface area contributed by atoms with Crippen LogP contribution in [0.3, 0.4) is 0 Å². The minimum atomic E-state index is -0.214. The number of nitrogens with one attached hydrogen (secondary N) is 2. The van der Waals surface area contributed by atoms with Crippen molar-refractivity contribution in [2.75, 3.05) is 0 Å². The number of carbonyl (C=O) groups excluding carboxylic acids is 1. The number of furan rings is 1. The third kappa shape index (κ3) is 3.54. The molecule has 0 aliphatic rings. The van der Waals surface area contributed by atoms with Crippen molar-refractivity contribution in [2.45, 2.75) is 25.9 Å². The van der Waals surface area contributed by atoms with Crippen LogP contribution in [-0.2, 0) is 0 Å². The summed E-state index contributed by atoms with van der Waals surface area (Å²) in [6.45, 7) is 3.87. The van der Waals surface area contributed by atoms with Crippen molar-refractivity contribution in [3.8, 4) is 0 Å². The van der Waals surface area contributed by atoms with Crippen LogP contribution in [0, 0.1) is 0 Å². The van der Waals surface area contributed by atoms with Gasteiger partial charge in [0.15, 0.2) is 0 Å². The van der Waals surface area contributed by atoms with Crippen LogP contribution in [0.5, 0.6) is 0 Å². The van der Waals surface area contributed by atoms with Crippen LogP contribution < -0.4 is 10.6 Å². The predicted octanol–water partition coefficient (Wildman–Crippen LogP) is 4.55. The molecule has 2 amide bonds. The molecule has 0 aliphatic carbocycles. The van der Waals surface area contributed by atoms with Gasteiger partial charge in [0.2, 0.25) is 0 Å². The van der Waals surface area contributed by atoms with Crippen molar-refractivity contribution in [2.24, 2.45) is 0 Å². The Morgan fingerprint density at radius 1 is 0.913 bits per heavy atom. The Morgan fingerprint density at radius 2 is 1.57 bits per heavy atom. The van der Waals surface area contributed by atoms with Crippen LogP contribution in [-0.4, -0.2) is 6.03 Å². The zero-order valence-electron chi connectivity index (χ0n) is 13.2. The smallest absolute Gasteiger partial charge is 0.315 e. The van der Waals surface area contributed by atoms with E-state index >= 15 is 0 Å². The molecule has 4 heteroatoms. The lowest BCUT2D eigenvalue weighted by atomic mass is 10.1. The molecule has 1 heterocycles. The number of para-hydroxylation sites is 1. The van der Waals surface area contributed by atoms with E-state index in [1.165, 1.54) is 0 Å². The highest BCUT2D eigenvalue weighted by Crippen LogP contribution is 2.23. The summed E-state index contributed by atoms with van der Waals surface area (Å²) in [6.07, 6.45) is 0. The molecule has 0 spiro atoms. The third-order valence-corrected chi connectivity index (χ3v) is 3.87.